The maximum absolute atomic E-state index is 5.28. The highest BCUT2D eigenvalue weighted by atomic mass is 32.2. The minimum atomic E-state index is 0.376. The third-order valence-corrected chi connectivity index (χ3v) is 5.03. The average molecular weight is 318 g/mol. The third-order valence-electron chi connectivity index (χ3n) is 3.79. The lowest BCUT2D eigenvalue weighted by Gasteiger charge is -2.21. The Bertz CT molecular complexity index is 463. The van der Waals surface area contributed by atoms with E-state index < -0.39 is 0 Å². The number of ether oxygens (including phenoxy) is 1. The molecule has 0 aromatic heterocycles. The molecule has 2 rings (SSSR count). The van der Waals surface area contributed by atoms with Gasteiger partial charge in [0, 0.05) is 30.9 Å². The van der Waals surface area contributed by atoms with Crippen molar-refractivity contribution in [3.05, 3.63) is 48.6 Å². The number of allylic oxidation sites excluding steroid dienone is 1. The predicted molar refractivity (Wildman–Crippen MR) is 96.4 cm³/mol. The van der Waals surface area contributed by atoms with Crippen LogP contribution >= 0.6 is 11.8 Å². The monoisotopic (exact) mass is 318 g/mol. The van der Waals surface area contributed by atoms with Gasteiger partial charge in [0.15, 0.2) is 0 Å². The van der Waals surface area contributed by atoms with Gasteiger partial charge in [0.1, 0.15) is 0 Å². The van der Waals surface area contributed by atoms with Crippen LogP contribution < -0.4 is 0 Å². The predicted octanol–water partition coefficient (Wildman–Crippen LogP) is 3.96. The summed E-state index contributed by atoms with van der Waals surface area (Å²) in [6.07, 6.45) is 7.39. The molecule has 0 bridgehead atoms. The highest BCUT2D eigenvalue weighted by molar-refractivity contribution is 7.99. The zero-order valence-electron chi connectivity index (χ0n) is 13.4. The molecule has 1 aromatic rings. The number of methoxy groups -OCH3 is 1. The molecule has 0 aliphatic carbocycles. The van der Waals surface area contributed by atoms with Gasteiger partial charge in [-0.2, -0.15) is 5.10 Å². The number of hydrazone groups is 1. The van der Waals surface area contributed by atoms with Gasteiger partial charge in [0.2, 0.25) is 0 Å². The van der Waals surface area contributed by atoms with Gasteiger partial charge in [-0.25, -0.2) is 0 Å². The molecule has 22 heavy (non-hydrogen) atoms. The van der Waals surface area contributed by atoms with Crippen LogP contribution in [0.4, 0.5) is 0 Å². The lowest BCUT2D eigenvalue weighted by atomic mass is 10.2. The number of nitrogens with zero attached hydrogens (tertiary/aromatic N) is 2. The number of hydrogen-bond acceptors (Lipinski definition) is 4. The van der Waals surface area contributed by atoms with Gasteiger partial charge in [0.25, 0.3) is 0 Å². The first-order valence-corrected chi connectivity index (χ1v) is 8.94. The second-order valence-corrected chi connectivity index (χ2v) is 6.77. The Balaban J connectivity index is 1.87. The quantitative estimate of drug-likeness (QED) is 0.509. The van der Waals surface area contributed by atoms with E-state index in [1.807, 2.05) is 17.8 Å². The summed E-state index contributed by atoms with van der Waals surface area (Å²) in [4.78, 5) is 0. The molecule has 1 fully saturated rings. The Morgan fingerprint density at radius 3 is 3.00 bits per heavy atom. The molecule has 0 N–H and O–H groups in total. The Labute approximate surface area is 138 Å². The molecule has 0 amide bonds. The summed E-state index contributed by atoms with van der Waals surface area (Å²) < 4.78 is 5.28. The van der Waals surface area contributed by atoms with E-state index in [0.29, 0.717) is 11.3 Å². The summed E-state index contributed by atoms with van der Waals surface area (Å²) >= 11 is 1.92. The van der Waals surface area contributed by atoms with Crippen molar-refractivity contribution in [2.24, 2.45) is 5.10 Å². The average Bonchev–Trinajstić information content (AvgIpc) is 2.99. The van der Waals surface area contributed by atoms with Crippen LogP contribution in [0.2, 0.25) is 0 Å². The van der Waals surface area contributed by atoms with E-state index in [-0.39, 0.29) is 0 Å². The van der Waals surface area contributed by atoms with Crippen LogP contribution in [-0.4, -0.2) is 42.8 Å². The van der Waals surface area contributed by atoms with Crippen LogP contribution in [-0.2, 0) is 10.5 Å². The van der Waals surface area contributed by atoms with Crippen LogP contribution in [0.5, 0.6) is 0 Å². The highest BCUT2D eigenvalue weighted by Gasteiger charge is 2.22. The summed E-state index contributed by atoms with van der Waals surface area (Å²) in [5, 5.41) is 7.27. The van der Waals surface area contributed by atoms with Gasteiger partial charge in [-0.15, -0.1) is 18.3 Å². The van der Waals surface area contributed by atoms with E-state index in [1.165, 1.54) is 18.4 Å². The molecular formula is C18H26N2OS. The van der Waals surface area contributed by atoms with Gasteiger partial charge in [-0.1, -0.05) is 36.4 Å². The molecule has 1 aliphatic heterocycles. The largest absolute Gasteiger partial charge is 0.382 e. The molecule has 2 atom stereocenters. The second kappa shape index (κ2) is 9.70. The molecule has 3 nitrogen and oxygen atoms in total. The maximum atomic E-state index is 5.28. The standard InChI is InChI=1S/C18H26N2OS/c1-3-8-18(22-15-16-9-5-4-6-10-16)13-19-20-12-7-11-17(20)14-21-2/h3-6,9-10,13,17-18H,1,7-8,11-12,14-15H2,2H3/b19-13+/t17-,18-/m0/s1. The summed E-state index contributed by atoms with van der Waals surface area (Å²) in [5.41, 5.74) is 1.35. The smallest absolute Gasteiger partial charge is 0.0704 e. The first-order valence-electron chi connectivity index (χ1n) is 7.89. The molecular weight excluding hydrogens is 292 g/mol. The Kier molecular flexibility index (Phi) is 7.54. The van der Waals surface area contributed by atoms with Crippen molar-refractivity contribution in [2.45, 2.75) is 36.3 Å². The normalized spacial score (nSPS) is 19.7. The summed E-state index contributed by atoms with van der Waals surface area (Å²) in [7, 11) is 1.76. The van der Waals surface area contributed by atoms with E-state index in [0.717, 1.165) is 25.3 Å². The van der Waals surface area contributed by atoms with Crippen molar-refractivity contribution < 1.29 is 4.74 Å². The van der Waals surface area contributed by atoms with E-state index in [9.17, 15) is 0 Å². The van der Waals surface area contributed by atoms with Crippen molar-refractivity contribution in [1.29, 1.82) is 0 Å². The van der Waals surface area contributed by atoms with Crippen LogP contribution in [0.3, 0.4) is 0 Å². The van der Waals surface area contributed by atoms with E-state index >= 15 is 0 Å². The lowest BCUT2D eigenvalue weighted by Crippen LogP contribution is -2.29. The van der Waals surface area contributed by atoms with Crippen molar-refractivity contribution in [3.63, 3.8) is 0 Å². The maximum Gasteiger partial charge on any atom is 0.0704 e. The van der Waals surface area contributed by atoms with Crippen molar-refractivity contribution in [1.82, 2.24) is 5.01 Å². The van der Waals surface area contributed by atoms with Crippen LogP contribution in [0, 0.1) is 0 Å². The zero-order valence-corrected chi connectivity index (χ0v) is 14.2. The third kappa shape index (κ3) is 5.50. The lowest BCUT2D eigenvalue weighted by molar-refractivity contribution is 0.118. The molecule has 4 heteroatoms. The Morgan fingerprint density at radius 2 is 2.27 bits per heavy atom. The first kappa shape index (κ1) is 17.1. The fraction of sp³-hybridized carbons (Fsp3) is 0.500. The summed E-state index contributed by atoms with van der Waals surface area (Å²) in [6.45, 7) is 5.67. The van der Waals surface area contributed by atoms with Crippen LogP contribution in [0.1, 0.15) is 24.8 Å². The fourth-order valence-corrected chi connectivity index (χ4v) is 3.62. The van der Waals surface area contributed by atoms with E-state index in [1.54, 1.807) is 7.11 Å². The van der Waals surface area contributed by atoms with Gasteiger partial charge in [-0.3, -0.25) is 5.01 Å². The Hall–Kier alpha value is -1.26. The van der Waals surface area contributed by atoms with E-state index in [2.05, 4.69) is 48.1 Å². The van der Waals surface area contributed by atoms with Crippen molar-refractivity contribution >= 4 is 18.0 Å². The molecule has 0 unspecified atom stereocenters. The van der Waals surface area contributed by atoms with Gasteiger partial charge >= 0.3 is 0 Å². The summed E-state index contributed by atoms with van der Waals surface area (Å²) in [6, 6.07) is 11.0. The molecule has 1 aliphatic rings. The van der Waals surface area contributed by atoms with Crippen LogP contribution in [0.15, 0.2) is 48.1 Å². The molecule has 1 saturated heterocycles. The molecule has 0 radical (unpaired) electrons. The highest BCUT2D eigenvalue weighted by Crippen LogP contribution is 2.21. The number of hydrogen-bond donors (Lipinski definition) is 0. The summed E-state index contributed by atoms with van der Waals surface area (Å²) in [5.74, 6) is 1.01. The minimum absolute atomic E-state index is 0.376. The number of thioether (sulfide) groups is 1. The topological polar surface area (TPSA) is 24.8 Å². The Morgan fingerprint density at radius 1 is 1.45 bits per heavy atom. The second-order valence-electron chi connectivity index (χ2n) is 5.54. The van der Waals surface area contributed by atoms with Gasteiger partial charge in [-0.05, 0) is 24.8 Å². The molecule has 1 heterocycles. The van der Waals surface area contributed by atoms with Crippen molar-refractivity contribution in [3.8, 4) is 0 Å². The van der Waals surface area contributed by atoms with Gasteiger partial charge in [0.05, 0.1) is 12.6 Å². The number of rotatable bonds is 9. The molecule has 120 valence electrons. The molecule has 0 spiro atoms. The number of benzene rings is 1. The first-order chi connectivity index (χ1) is 10.8. The van der Waals surface area contributed by atoms with Crippen LogP contribution in [0.25, 0.3) is 0 Å². The fourth-order valence-electron chi connectivity index (χ4n) is 2.61. The SMILES string of the molecule is C=CC[C@@H](/C=N/N1CCC[C@H]1COC)SCc1ccccc1. The zero-order chi connectivity index (χ0) is 15.6. The van der Waals surface area contributed by atoms with Crippen molar-refractivity contribution in [2.75, 3.05) is 20.3 Å². The molecule has 0 saturated carbocycles. The minimum Gasteiger partial charge on any atom is -0.382 e. The molecule has 1 aromatic carbocycles. The van der Waals surface area contributed by atoms with E-state index in [4.69, 9.17) is 9.84 Å². The van der Waals surface area contributed by atoms with Gasteiger partial charge < -0.3 is 4.74 Å².